The SMILES string of the molecule is CCc1ccc(-c2cc(C(=O)N3CCN(c4ccccc4)CC3)c3cc(C)ccc3n2)cc1. The van der Waals surface area contributed by atoms with E-state index in [1.54, 1.807) is 0 Å². The van der Waals surface area contributed by atoms with E-state index in [1.807, 2.05) is 23.1 Å². The van der Waals surface area contributed by atoms with Crippen LogP contribution < -0.4 is 4.90 Å². The number of hydrogen-bond donors (Lipinski definition) is 0. The van der Waals surface area contributed by atoms with Crippen molar-refractivity contribution in [1.82, 2.24) is 9.88 Å². The molecule has 4 nitrogen and oxygen atoms in total. The standard InChI is InChI=1S/C29H29N3O/c1-3-22-10-12-23(13-11-22)28-20-26(25-19-21(2)9-14-27(25)30-28)29(33)32-17-15-31(16-18-32)24-7-5-4-6-8-24/h4-14,19-20H,3,15-18H2,1-2H3. The number of benzene rings is 3. The fraction of sp³-hybridized carbons (Fsp3) is 0.241. The summed E-state index contributed by atoms with van der Waals surface area (Å²) in [5.74, 6) is 0.0899. The topological polar surface area (TPSA) is 36.4 Å². The molecule has 1 amide bonds. The monoisotopic (exact) mass is 435 g/mol. The summed E-state index contributed by atoms with van der Waals surface area (Å²) in [6.45, 7) is 7.31. The molecule has 0 atom stereocenters. The van der Waals surface area contributed by atoms with Crippen molar-refractivity contribution >= 4 is 22.5 Å². The molecular weight excluding hydrogens is 406 g/mol. The number of anilines is 1. The molecule has 33 heavy (non-hydrogen) atoms. The fourth-order valence-corrected chi connectivity index (χ4v) is 4.55. The van der Waals surface area contributed by atoms with Gasteiger partial charge >= 0.3 is 0 Å². The Labute approximate surface area is 195 Å². The lowest BCUT2D eigenvalue weighted by Gasteiger charge is -2.36. The Balaban J connectivity index is 1.47. The number of carbonyl (C=O) groups is 1. The molecule has 0 unspecified atom stereocenters. The van der Waals surface area contributed by atoms with Gasteiger partial charge in [-0.05, 0) is 49.2 Å². The van der Waals surface area contributed by atoms with Crippen LogP contribution in [0.2, 0.25) is 0 Å². The van der Waals surface area contributed by atoms with Crippen molar-refractivity contribution in [2.24, 2.45) is 0 Å². The largest absolute Gasteiger partial charge is 0.368 e. The Morgan fingerprint density at radius 2 is 1.61 bits per heavy atom. The second-order valence-corrected chi connectivity index (χ2v) is 8.74. The molecule has 5 rings (SSSR count). The Morgan fingerprint density at radius 1 is 0.879 bits per heavy atom. The average molecular weight is 436 g/mol. The number of nitrogens with zero attached hydrogens (tertiary/aromatic N) is 3. The lowest BCUT2D eigenvalue weighted by molar-refractivity contribution is 0.0748. The van der Waals surface area contributed by atoms with Gasteiger partial charge in [-0.15, -0.1) is 0 Å². The summed E-state index contributed by atoms with van der Waals surface area (Å²) in [5.41, 5.74) is 7.13. The van der Waals surface area contributed by atoms with Gasteiger partial charge in [0.05, 0.1) is 16.8 Å². The molecule has 1 aromatic heterocycles. The first-order valence-electron chi connectivity index (χ1n) is 11.7. The van der Waals surface area contributed by atoms with Crippen LogP contribution in [-0.4, -0.2) is 42.0 Å². The van der Waals surface area contributed by atoms with Crippen LogP contribution in [0.1, 0.15) is 28.4 Å². The molecule has 4 aromatic rings. The summed E-state index contributed by atoms with van der Waals surface area (Å²) >= 11 is 0. The molecular formula is C29H29N3O. The number of fused-ring (bicyclic) bond motifs is 1. The highest BCUT2D eigenvalue weighted by molar-refractivity contribution is 6.07. The van der Waals surface area contributed by atoms with Crippen molar-refractivity contribution in [2.45, 2.75) is 20.3 Å². The zero-order valence-corrected chi connectivity index (χ0v) is 19.3. The second kappa shape index (κ2) is 9.07. The van der Waals surface area contributed by atoms with Crippen molar-refractivity contribution in [3.05, 3.63) is 95.6 Å². The minimum atomic E-state index is 0.0899. The quantitative estimate of drug-likeness (QED) is 0.410. The fourth-order valence-electron chi connectivity index (χ4n) is 4.55. The third-order valence-electron chi connectivity index (χ3n) is 6.54. The van der Waals surface area contributed by atoms with Crippen LogP contribution in [0.5, 0.6) is 0 Å². The zero-order chi connectivity index (χ0) is 22.8. The van der Waals surface area contributed by atoms with Crippen molar-refractivity contribution in [1.29, 1.82) is 0 Å². The summed E-state index contributed by atoms with van der Waals surface area (Å²) in [7, 11) is 0. The number of hydrogen-bond acceptors (Lipinski definition) is 3. The molecule has 0 bridgehead atoms. The highest BCUT2D eigenvalue weighted by Crippen LogP contribution is 2.28. The first-order valence-corrected chi connectivity index (χ1v) is 11.7. The van der Waals surface area contributed by atoms with Gasteiger partial charge in [-0.2, -0.15) is 0 Å². The Kier molecular flexibility index (Phi) is 5.82. The van der Waals surface area contributed by atoms with E-state index < -0.39 is 0 Å². The third kappa shape index (κ3) is 4.34. The Hall–Kier alpha value is -3.66. The maximum absolute atomic E-state index is 13.7. The van der Waals surface area contributed by atoms with Gasteiger partial charge in [-0.1, -0.05) is 61.0 Å². The van der Waals surface area contributed by atoms with Crippen molar-refractivity contribution in [2.75, 3.05) is 31.1 Å². The van der Waals surface area contributed by atoms with Crippen LogP contribution in [0.25, 0.3) is 22.2 Å². The van der Waals surface area contributed by atoms with Gasteiger partial charge in [0, 0.05) is 42.8 Å². The van der Waals surface area contributed by atoms with E-state index in [9.17, 15) is 4.79 Å². The van der Waals surface area contributed by atoms with Crippen molar-refractivity contribution in [3.63, 3.8) is 0 Å². The molecule has 0 radical (unpaired) electrons. The van der Waals surface area contributed by atoms with Gasteiger partial charge in [0.1, 0.15) is 0 Å². The number of amides is 1. The maximum atomic E-state index is 13.7. The lowest BCUT2D eigenvalue weighted by Crippen LogP contribution is -2.48. The number of piperazine rings is 1. The summed E-state index contributed by atoms with van der Waals surface area (Å²) < 4.78 is 0. The van der Waals surface area contributed by atoms with Gasteiger partial charge in [0.2, 0.25) is 0 Å². The Bertz CT molecular complexity index is 1270. The highest BCUT2D eigenvalue weighted by Gasteiger charge is 2.24. The average Bonchev–Trinajstić information content (AvgIpc) is 2.88. The van der Waals surface area contributed by atoms with E-state index in [-0.39, 0.29) is 5.91 Å². The molecule has 0 spiro atoms. The number of aromatic nitrogens is 1. The first kappa shape index (κ1) is 21.2. The number of rotatable bonds is 4. The molecule has 0 aliphatic carbocycles. The summed E-state index contributed by atoms with van der Waals surface area (Å²) in [4.78, 5) is 23.0. The van der Waals surface area contributed by atoms with E-state index >= 15 is 0 Å². The van der Waals surface area contributed by atoms with E-state index in [1.165, 1.54) is 11.3 Å². The molecule has 1 fully saturated rings. The van der Waals surface area contributed by atoms with Crippen LogP contribution in [0.15, 0.2) is 78.9 Å². The van der Waals surface area contributed by atoms with Gasteiger partial charge in [0.15, 0.2) is 0 Å². The molecule has 1 aliphatic rings. The number of pyridine rings is 1. The van der Waals surface area contributed by atoms with Gasteiger partial charge in [-0.25, -0.2) is 4.98 Å². The van der Waals surface area contributed by atoms with E-state index in [4.69, 9.17) is 4.98 Å². The minimum absolute atomic E-state index is 0.0899. The summed E-state index contributed by atoms with van der Waals surface area (Å²) in [5, 5.41) is 0.930. The normalized spacial score (nSPS) is 14.0. The van der Waals surface area contributed by atoms with Gasteiger partial charge < -0.3 is 9.80 Å². The van der Waals surface area contributed by atoms with Crippen LogP contribution in [0.4, 0.5) is 5.69 Å². The van der Waals surface area contributed by atoms with E-state index in [0.717, 1.165) is 52.8 Å². The van der Waals surface area contributed by atoms with Crippen LogP contribution in [-0.2, 0) is 6.42 Å². The highest BCUT2D eigenvalue weighted by atomic mass is 16.2. The lowest BCUT2D eigenvalue weighted by atomic mass is 10.0. The van der Waals surface area contributed by atoms with Crippen molar-refractivity contribution in [3.8, 4) is 11.3 Å². The van der Waals surface area contributed by atoms with E-state index in [0.29, 0.717) is 13.1 Å². The maximum Gasteiger partial charge on any atom is 0.254 e. The van der Waals surface area contributed by atoms with Crippen molar-refractivity contribution < 1.29 is 4.79 Å². The third-order valence-corrected chi connectivity index (χ3v) is 6.54. The number of carbonyl (C=O) groups excluding carboxylic acids is 1. The summed E-state index contributed by atoms with van der Waals surface area (Å²) in [6, 6.07) is 27.1. The summed E-state index contributed by atoms with van der Waals surface area (Å²) in [6.07, 6.45) is 1.00. The number of para-hydroxylation sites is 1. The van der Waals surface area contributed by atoms with Crippen LogP contribution >= 0.6 is 0 Å². The van der Waals surface area contributed by atoms with E-state index in [2.05, 4.69) is 79.4 Å². The predicted molar refractivity (Wildman–Crippen MR) is 136 cm³/mol. The molecule has 0 saturated carbocycles. The van der Waals surface area contributed by atoms with Crippen LogP contribution in [0.3, 0.4) is 0 Å². The molecule has 0 N–H and O–H groups in total. The molecule has 4 heteroatoms. The molecule has 166 valence electrons. The second-order valence-electron chi connectivity index (χ2n) is 8.74. The zero-order valence-electron chi connectivity index (χ0n) is 19.3. The minimum Gasteiger partial charge on any atom is -0.368 e. The molecule has 2 heterocycles. The first-order chi connectivity index (χ1) is 16.1. The molecule has 1 aliphatic heterocycles. The number of aryl methyl sites for hydroxylation is 2. The molecule has 3 aromatic carbocycles. The smallest absolute Gasteiger partial charge is 0.254 e. The Morgan fingerprint density at radius 3 is 2.30 bits per heavy atom. The predicted octanol–water partition coefficient (Wildman–Crippen LogP) is 5.74. The molecule has 1 saturated heterocycles. The van der Waals surface area contributed by atoms with Crippen LogP contribution in [0, 0.1) is 6.92 Å². The van der Waals surface area contributed by atoms with Gasteiger partial charge in [-0.3, -0.25) is 4.79 Å². The van der Waals surface area contributed by atoms with Gasteiger partial charge in [0.25, 0.3) is 5.91 Å².